The zero-order valence-electron chi connectivity index (χ0n) is 18.7. The molecule has 1 aromatic carbocycles. The maximum Gasteiger partial charge on any atom is 0.417 e. The molecular formula is C24H24FN5O4. The summed E-state index contributed by atoms with van der Waals surface area (Å²) in [6.45, 7) is 5.49. The Kier molecular flexibility index (Phi) is 5.74. The molecular weight excluding hydrogens is 441 g/mol. The number of carbonyl (C=O) groups is 1. The van der Waals surface area contributed by atoms with E-state index >= 15 is 0 Å². The summed E-state index contributed by atoms with van der Waals surface area (Å²) >= 11 is 0. The lowest BCUT2D eigenvalue weighted by Crippen LogP contribution is -2.32. The molecule has 1 fully saturated rings. The molecule has 0 radical (unpaired) electrons. The first-order valence-corrected chi connectivity index (χ1v) is 11.0. The lowest BCUT2D eigenvalue weighted by Gasteiger charge is -2.19. The number of fused-ring (bicyclic) bond motifs is 2. The van der Waals surface area contributed by atoms with Crippen molar-refractivity contribution in [1.29, 1.82) is 0 Å². The lowest BCUT2D eigenvalue weighted by atomic mass is 10.1. The van der Waals surface area contributed by atoms with Crippen molar-refractivity contribution < 1.29 is 18.7 Å². The molecule has 176 valence electrons. The van der Waals surface area contributed by atoms with E-state index in [0.717, 1.165) is 11.0 Å². The van der Waals surface area contributed by atoms with Gasteiger partial charge in [0.05, 0.1) is 24.0 Å². The summed E-state index contributed by atoms with van der Waals surface area (Å²) in [4.78, 5) is 34.5. The highest BCUT2D eigenvalue weighted by Crippen LogP contribution is 2.27. The Morgan fingerprint density at radius 1 is 1.26 bits per heavy atom. The van der Waals surface area contributed by atoms with Gasteiger partial charge in [0.1, 0.15) is 18.5 Å². The molecule has 1 amide bonds. The van der Waals surface area contributed by atoms with Crippen LogP contribution in [0.1, 0.15) is 11.3 Å². The van der Waals surface area contributed by atoms with Crippen molar-refractivity contribution in [3.8, 4) is 5.75 Å². The lowest BCUT2D eigenvalue weighted by molar-refractivity contribution is 0.140. The number of pyridine rings is 1. The van der Waals surface area contributed by atoms with Gasteiger partial charge in [-0.3, -0.25) is 4.79 Å². The normalized spacial score (nSPS) is 17.6. The zero-order valence-corrected chi connectivity index (χ0v) is 18.7. The molecule has 2 aliphatic heterocycles. The summed E-state index contributed by atoms with van der Waals surface area (Å²) < 4.78 is 27.0. The van der Waals surface area contributed by atoms with Crippen LogP contribution in [0.5, 0.6) is 5.75 Å². The molecule has 0 bridgehead atoms. The number of ether oxygens (including phenoxy) is 2. The summed E-state index contributed by atoms with van der Waals surface area (Å²) in [5.74, 6) is 0.508. The van der Waals surface area contributed by atoms with Crippen LogP contribution in [0.2, 0.25) is 0 Å². The van der Waals surface area contributed by atoms with E-state index in [2.05, 4.69) is 21.9 Å². The number of amides is 1. The predicted molar refractivity (Wildman–Crippen MR) is 124 cm³/mol. The van der Waals surface area contributed by atoms with Crippen LogP contribution in [-0.2, 0) is 24.6 Å². The number of hydrogen-bond donors (Lipinski definition) is 1. The Morgan fingerprint density at radius 2 is 2.09 bits per heavy atom. The van der Waals surface area contributed by atoms with E-state index in [1.54, 1.807) is 25.4 Å². The molecule has 1 atom stereocenters. The van der Waals surface area contributed by atoms with Gasteiger partial charge in [-0.15, -0.1) is 0 Å². The monoisotopic (exact) mass is 465 g/mol. The van der Waals surface area contributed by atoms with Crippen LogP contribution in [0.3, 0.4) is 0 Å². The fourth-order valence-electron chi connectivity index (χ4n) is 4.29. The number of carbonyl (C=O) groups excluding carboxylic acids is 1. The number of cyclic esters (lactones) is 1. The third kappa shape index (κ3) is 4.12. The number of benzene rings is 1. The van der Waals surface area contributed by atoms with Gasteiger partial charge in [0.15, 0.2) is 5.75 Å². The Bertz CT molecular complexity index is 1360. The van der Waals surface area contributed by atoms with Crippen molar-refractivity contribution in [1.82, 2.24) is 19.9 Å². The summed E-state index contributed by atoms with van der Waals surface area (Å²) in [5.41, 5.74) is 2.48. The first-order valence-electron chi connectivity index (χ1n) is 11.0. The maximum absolute atomic E-state index is 14.5. The molecule has 3 aromatic rings. The van der Waals surface area contributed by atoms with Crippen molar-refractivity contribution in [2.45, 2.75) is 18.9 Å². The SMILES string of the molecule is C=C1COc2cnc(N3C[C@H](CNCCc4c(F)ccc5ccc(=O)n(C)c45)OC3=O)nc2C1. The number of hydrogen-bond acceptors (Lipinski definition) is 7. The van der Waals surface area contributed by atoms with Gasteiger partial charge in [-0.2, -0.15) is 0 Å². The Balaban J connectivity index is 1.21. The molecule has 0 aliphatic carbocycles. The van der Waals surface area contributed by atoms with Crippen LogP contribution in [-0.4, -0.2) is 53.0 Å². The van der Waals surface area contributed by atoms with Gasteiger partial charge in [0.2, 0.25) is 5.95 Å². The highest BCUT2D eigenvalue weighted by molar-refractivity contribution is 5.87. The second kappa shape index (κ2) is 8.86. The molecule has 2 aliphatic rings. The molecule has 1 N–H and O–H groups in total. The largest absolute Gasteiger partial charge is 0.486 e. The first-order chi connectivity index (χ1) is 16.4. The Labute approximate surface area is 194 Å². The molecule has 0 saturated carbocycles. The van der Waals surface area contributed by atoms with E-state index < -0.39 is 12.2 Å². The standard InChI is InChI=1S/C24H24FN5O4/c1-14-9-19-20(33-13-14)11-27-23(28-19)30-12-16(34-24(30)32)10-26-8-7-17-18(25)5-3-15-4-6-21(31)29(2)22(15)17/h3-6,11,16,26H,1,7-10,12-13H2,2H3/t16-/m0/s1. The van der Waals surface area contributed by atoms with E-state index in [0.29, 0.717) is 61.6 Å². The fraction of sp³-hybridized carbons (Fsp3) is 0.333. The molecule has 10 heteroatoms. The smallest absolute Gasteiger partial charge is 0.417 e. The van der Waals surface area contributed by atoms with E-state index in [1.165, 1.54) is 21.6 Å². The minimum Gasteiger partial charge on any atom is -0.486 e. The Morgan fingerprint density at radius 3 is 2.94 bits per heavy atom. The zero-order chi connectivity index (χ0) is 23.8. The van der Waals surface area contributed by atoms with Crippen molar-refractivity contribution in [2.24, 2.45) is 7.05 Å². The van der Waals surface area contributed by atoms with Crippen molar-refractivity contribution in [2.75, 3.05) is 31.1 Å². The molecule has 0 spiro atoms. The average molecular weight is 465 g/mol. The maximum atomic E-state index is 14.5. The minimum atomic E-state index is -0.516. The van der Waals surface area contributed by atoms with Crippen LogP contribution in [0.25, 0.3) is 10.9 Å². The van der Waals surface area contributed by atoms with Gasteiger partial charge in [-0.25, -0.2) is 24.1 Å². The predicted octanol–water partition coefficient (Wildman–Crippen LogP) is 2.12. The number of anilines is 1. The van der Waals surface area contributed by atoms with Crippen molar-refractivity contribution in [3.63, 3.8) is 0 Å². The Hall–Kier alpha value is -3.79. The van der Waals surface area contributed by atoms with Crippen LogP contribution in [0.4, 0.5) is 15.1 Å². The second-order valence-corrected chi connectivity index (χ2v) is 8.46. The van der Waals surface area contributed by atoms with E-state index in [1.807, 2.05) is 0 Å². The fourth-order valence-corrected chi connectivity index (χ4v) is 4.29. The van der Waals surface area contributed by atoms with Gasteiger partial charge in [-0.1, -0.05) is 6.58 Å². The summed E-state index contributed by atoms with van der Waals surface area (Å²) in [6.07, 6.45) is 1.60. The highest BCUT2D eigenvalue weighted by Gasteiger charge is 2.34. The van der Waals surface area contributed by atoms with Gasteiger partial charge in [-0.05, 0) is 42.1 Å². The number of nitrogens with zero attached hydrogens (tertiary/aromatic N) is 4. The van der Waals surface area contributed by atoms with Crippen LogP contribution in [0.15, 0.2) is 47.4 Å². The number of rotatable bonds is 6. The highest BCUT2D eigenvalue weighted by atomic mass is 19.1. The van der Waals surface area contributed by atoms with Gasteiger partial charge in [0.25, 0.3) is 5.56 Å². The van der Waals surface area contributed by atoms with E-state index in [-0.39, 0.29) is 17.3 Å². The first kappa shape index (κ1) is 22.0. The molecule has 1 saturated heterocycles. The van der Waals surface area contributed by atoms with E-state index in [9.17, 15) is 14.0 Å². The number of halogens is 1. The van der Waals surface area contributed by atoms with Gasteiger partial charge >= 0.3 is 6.09 Å². The van der Waals surface area contributed by atoms with E-state index in [4.69, 9.17) is 9.47 Å². The summed E-state index contributed by atoms with van der Waals surface area (Å²) in [6, 6.07) is 6.25. The third-order valence-corrected chi connectivity index (χ3v) is 6.03. The quantitative estimate of drug-likeness (QED) is 0.440. The van der Waals surface area contributed by atoms with Crippen molar-refractivity contribution >= 4 is 22.9 Å². The van der Waals surface area contributed by atoms with Gasteiger partial charge in [0, 0.05) is 31.6 Å². The summed E-state index contributed by atoms with van der Waals surface area (Å²) in [7, 11) is 1.64. The van der Waals surface area contributed by atoms with Crippen LogP contribution >= 0.6 is 0 Å². The second-order valence-electron chi connectivity index (χ2n) is 8.46. The third-order valence-electron chi connectivity index (χ3n) is 6.03. The minimum absolute atomic E-state index is 0.189. The molecule has 9 nitrogen and oxygen atoms in total. The summed E-state index contributed by atoms with van der Waals surface area (Å²) in [5, 5.41) is 4.02. The number of aryl methyl sites for hydroxylation is 1. The van der Waals surface area contributed by atoms with Crippen LogP contribution < -0.4 is 20.5 Å². The number of nitrogens with one attached hydrogen (secondary N) is 1. The molecule has 4 heterocycles. The van der Waals surface area contributed by atoms with Gasteiger partial charge < -0.3 is 19.4 Å². The number of aromatic nitrogens is 3. The van der Waals surface area contributed by atoms with Crippen molar-refractivity contribution in [3.05, 3.63) is 70.0 Å². The molecule has 0 unspecified atom stereocenters. The average Bonchev–Trinajstić information content (AvgIpc) is 3.20. The topological polar surface area (TPSA) is 98.6 Å². The molecule has 5 rings (SSSR count). The molecule has 2 aromatic heterocycles. The van der Waals surface area contributed by atoms with Crippen LogP contribution in [0, 0.1) is 5.82 Å². The molecule has 34 heavy (non-hydrogen) atoms.